The number of rotatable bonds is 15. The van der Waals surface area contributed by atoms with E-state index < -0.39 is 6.10 Å². The smallest absolute Gasteiger partial charge is 0.119 e. The molecule has 0 fully saturated rings. The molecule has 0 heterocycles. The molecule has 1 N–H and O–H groups in total. The van der Waals surface area contributed by atoms with Crippen molar-refractivity contribution in [2.24, 2.45) is 0 Å². The fourth-order valence-corrected chi connectivity index (χ4v) is 3.44. The van der Waals surface area contributed by atoms with Gasteiger partial charge in [-0.05, 0) is 48.2 Å². The Morgan fingerprint density at radius 1 is 0.839 bits per heavy atom. The number of alkyl halides is 1. The highest BCUT2D eigenvalue weighted by Gasteiger charge is 2.23. The molecule has 0 radical (unpaired) electrons. The Morgan fingerprint density at radius 2 is 1.42 bits per heavy atom. The van der Waals surface area contributed by atoms with Gasteiger partial charge in [0.25, 0.3) is 0 Å². The molecular formula is C24H32ClIO5. The average molecular weight is 563 g/mol. The first-order valence-electron chi connectivity index (χ1n) is 10.5. The lowest BCUT2D eigenvalue weighted by atomic mass is 9.78. The summed E-state index contributed by atoms with van der Waals surface area (Å²) in [6.45, 7) is 6.65. The molecule has 0 aliphatic carbocycles. The van der Waals surface area contributed by atoms with Crippen LogP contribution in [0, 0.1) is 0 Å². The van der Waals surface area contributed by atoms with E-state index in [1.807, 2.05) is 47.3 Å². The van der Waals surface area contributed by atoms with Gasteiger partial charge in [0.05, 0.1) is 19.8 Å². The Bertz CT molecular complexity index is 737. The molecule has 31 heavy (non-hydrogen) atoms. The molecule has 2 aromatic carbocycles. The van der Waals surface area contributed by atoms with E-state index in [0.29, 0.717) is 25.7 Å². The zero-order valence-corrected chi connectivity index (χ0v) is 21.1. The van der Waals surface area contributed by atoms with Crippen molar-refractivity contribution < 1.29 is 22.4 Å². The summed E-state index contributed by atoms with van der Waals surface area (Å²) < 4.78 is 21.7. The maximum Gasteiger partial charge on any atom is 0.119 e. The highest BCUT2D eigenvalue weighted by molar-refractivity contribution is 14.1. The molecule has 0 spiro atoms. The predicted octanol–water partition coefficient (Wildman–Crippen LogP) is 5.53. The first-order chi connectivity index (χ1) is 15.0. The van der Waals surface area contributed by atoms with E-state index >= 15 is 0 Å². The zero-order chi connectivity index (χ0) is 22.5. The molecule has 5 nitrogen and oxygen atoms in total. The van der Waals surface area contributed by atoms with E-state index in [2.05, 4.69) is 38.1 Å². The molecule has 172 valence electrons. The SMILES string of the molecule is CC(C)(c1ccc(OCCCCl)cc1)c1ccc(OC[C@@H](O)COCCCOI)cc1. The number of hydrogen-bond acceptors (Lipinski definition) is 5. The van der Waals surface area contributed by atoms with Crippen LogP contribution >= 0.6 is 34.6 Å². The first-order valence-corrected chi connectivity index (χ1v) is 11.9. The standard InChI is InChI=1S/C24H32ClIO5/c1-24(2,19-5-9-22(10-6-19)29-15-3-13-25)20-7-11-23(12-8-20)30-18-21(27)17-28-14-4-16-31-26/h5-12,21,27H,3-4,13-18H2,1-2H3/t21-/m0/s1. The monoisotopic (exact) mass is 562 g/mol. The summed E-state index contributed by atoms with van der Waals surface area (Å²) in [6, 6.07) is 16.2. The molecule has 0 bridgehead atoms. The van der Waals surface area contributed by atoms with Gasteiger partial charge in [-0.2, -0.15) is 0 Å². The second-order valence-corrected chi connectivity index (χ2v) is 8.77. The van der Waals surface area contributed by atoms with E-state index in [1.165, 1.54) is 11.1 Å². The van der Waals surface area contributed by atoms with Gasteiger partial charge in [0.1, 0.15) is 47.2 Å². The molecule has 0 aliphatic rings. The Kier molecular flexibility index (Phi) is 12.0. The number of hydrogen-bond donors (Lipinski definition) is 1. The summed E-state index contributed by atoms with van der Waals surface area (Å²) in [5.41, 5.74) is 2.21. The van der Waals surface area contributed by atoms with Crippen LogP contribution in [0.15, 0.2) is 48.5 Å². The lowest BCUT2D eigenvalue weighted by Gasteiger charge is -2.26. The van der Waals surface area contributed by atoms with Crippen molar-refractivity contribution in [3.05, 3.63) is 59.7 Å². The minimum absolute atomic E-state index is 0.164. The lowest BCUT2D eigenvalue weighted by molar-refractivity contribution is 0.00988. The van der Waals surface area contributed by atoms with E-state index in [-0.39, 0.29) is 18.6 Å². The largest absolute Gasteiger partial charge is 0.494 e. The van der Waals surface area contributed by atoms with Crippen molar-refractivity contribution in [3.8, 4) is 11.5 Å². The van der Waals surface area contributed by atoms with Crippen LogP contribution in [0.4, 0.5) is 0 Å². The Balaban J connectivity index is 1.85. The van der Waals surface area contributed by atoms with Crippen LogP contribution < -0.4 is 9.47 Å². The zero-order valence-electron chi connectivity index (χ0n) is 18.2. The van der Waals surface area contributed by atoms with Gasteiger partial charge < -0.3 is 22.4 Å². The second-order valence-electron chi connectivity index (χ2n) is 7.77. The van der Waals surface area contributed by atoms with Crippen LogP contribution in [0.1, 0.15) is 37.8 Å². The summed E-state index contributed by atoms with van der Waals surface area (Å²) in [5, 5.41) is 9.99. The molecule has 0 aliphatic heterocycles. The van der Waals surface area contributed by atoms with Crippen molar-refractivity contribution >= 4 is 34.6 Å². The normalized spacial score (nSPS) is 12.5. The molecule has 2 rings (SSSR count). The maximum atomic E-state index is 9.99. The van der Waals surface area contributed by atoms with E-state index in [4.69, 9.17) is 28.9 Å². The summed E-state index contributed by atoms with van der Waals surface area (Å²) in [7, 11) is 0. The summed E-state index contributed by atoms with van der Waals surface area (Å²) >= 11 is 7.55. The molecule has 1 atom stereocenters. The van der Waals surface area contributed by atoms with Gasteiger partial charge in [0, 0.05) is 17.9 Å². The highest BCUT2D eigenvalue weighted by atomic mass is 127. The van der Waals surface area contributed by atoms with Crippen molar-refractivity contribution in [1.82, 2.24) is 0 Å². The number of benzene rings is 2. The van der Waals surface area contributed by atoms with Crippen LogP contribution in [0.25, 0.3) is 0 Å². The minimum Gasteiger partial charge on any atom is -0.494 e. The van der Waals surface area contributed by atoms with Crippen molar-refractivity contribution in [3.63, 3.8) is 0 Å². The van der Waals surface area contributed by atoms with Crippen molar-refractivity contribution in [2.75, 3.05) is 38.9 Å². The quantitative estimate of drug-likeness (QED) is 0.176. The Hall–Kier alpha value is -1.06. The fraction of sp³-hybridized carbons (Fsp3) is 0.500. The minimum atomic E-state index is -0.665. The lowest BCUT2D eigenvalue weighted by Crippen LogP contribution is -2.24. The summed E-state index contributed by atoms with van der Waals surface area (Å²) in [6.07, 6.45) is 0.973. The number of aliphatic hydroxyl groups is 1. The maximum absolute atomic E-state index is 9.99. The topological polar surface area (TPSA) is 57.2 Å². The third-order valence-electron chi connectivity index (χ3n) is 4.96. The predicted molar refractivity (Wildman–Crippen MR) is 133 cm³/mol. The summed E-state index contributed by atoms with van der Waals surface area (Å²) in [5.74, 6) is 2.18. The fourth-order valence-electron chi connectivity index (χ4n) is 3.02. The van der Waals surface area contributed by atoms with Gasteiger partial charge in [0.2, 0.25) is 0 Å². The molecule has 0 aromatic heterocycles. The van der Waals surface area contributed by atoms with Gasteiger partial charge in [-0.1, -0.05) is 38.1 Å². The highest BCUT2D eigenvalue weighted by Crippen LogP contribution is 2.33. The van der Waals surface area contributed by atoms with Crippen LogP contribution in [-0.4, -0.2) is 50.1 Å². The molecular weight excluding hydrogens is 531 g/mol. The van der Waals surface area contributed by atoms with E-state index in [1.54, 1.807) is 0 Å². The molecule has 0 amide bonds. The van der Waals surface area contributed by atoms with E-state index in [9.17, 15) is 5.11 Å². The van der Waals surface area contributed by atoms with Gasteiger partial charge in [0.15, 0.2) is 0 Å². The Labute approximate surface area is 204 Å². The molecule has 0 saturated carbocycles. The van der Waals surface area contributed by atoms with Gasteiger partial charge in [-0.3, -0.25) is 0 Å². The third kappa shape index (κ3) is 9.14. The second kappa shape index (κ2) is 14.2. The molecule has 0 saturated heterocycles. The van der Waals surface area contributed by atoms with Crippen molar-refractivity contribution in [1.29, 1.82) is 0 Å². The molecule has 2 aromatic rings. The number of ether oxygens (including phenoxy) is 3. The molecule has 7 heteroatoms. The average Bonchev–Trinajstić information content (AvgIpc) is 2.78. The third-order valence-corrected chi connectivity index (χ3v) is 5.67. The van der Waals surface area contributed by atoms with Crippen LogP contribution in [0.2, 0.25) is 0 Å². The van der Waals surface area contributed by atoms with Gasteiger partial charge in [-0.25, -0.2) is 0 Å². The van der Waals surface area contributed by atoms with Crippen LogP contribution in [0.5, 0.6) is 11.5 Å². The molecule has 0 unspecified atom stereocenters. The first kappa shape index (κ1) is 26.2. The van der Waals surface area contributed by atoms with Crippen LogP contribution in [-0.2, 0) is 13.2 Å². The van der Waals surface area contributed by atoms with Crippen molar-refractivity contribution in [2.45, 2.75) is 38.2 Å². The van der Waals surface area contributed by atoms with E-state index in [0.717, 1.165) is 24.3 Å². The number of halogens is 2. The number of aliphatic hydroxyl groups excluding tert-OH is 1. The van der Waals surface area contributed by atoms with Gasteiger partial charge in [-0.15, -0.1) is 11.6 Å². The van der Waals surface area contributed by atoms with Gasteiger partial charge >= 0.3 is 0 Å². The van der Waals surface area contributed by atoms with Crippen LogP contribution in [0.3, 0.4) is 0 Å². The summed E-state index contributed by atoms with van der Waals surface area (Å²) in [4.78, 5) is 0. The Morgan fingerprint density at radius 3 is 1.97 bits per heavy atom.